The van der Waals surface area contributed by atoms with Crippen molar-refractivity contribution in [2.24, 2.45) is 11.8 Å². The summed E-state index contributed by atoms with van der Waals surface area (Å²) in [7, 11) is 5.32. The lowest BCUT2D eigenvalue weighted by atomic mass is 9.99. The largest absolute Gasteiger partial charge is 0.408 e. The molecule has 2 amide bonds. The Hall–Kier alpha value is -1.23. The van der Waals surface area contributed by atoms with Gasteiger partial charge in [0, 0.05) is 0 Å². The molecule has 1 N–H and O–H groups in total. The molecule has 0 aromatic rings. The summed E-state index contributed by atoms with van der Waals surface area (Å²) in [6, 6.07) is -0.777. The molecule has 5 nitrogen and oxygen atoms in total. The van der Waals surface area contributed by atoms with E-state index in [1.165, 1.54) is 4.58 Å². The molecule has 0 aromatic heterocycles. The molecule has 2 atom stereocenters. The first-order valence-electron chi connectivity index (χ1n) is 6.64. The van der Waals surface area contributed by atoms with Gasteiger partial charge in [-0.25, -0.2) is 4.79 Å². The van der Waals surface area contributed by atoms with Crippen LogP contribution in [0.1, 0.15) is 27.7 Å². The molecule has 5 heteroatoms. The van der Waals surface area contributed by atoms with Crippen molar-refractivity contribution < 1.29 is 14.2 Å². The van der Waals surface area contributed by atoms with Gasteiger partial charge in [0.1, 0.15) is 13.8 Å². The second kappa shape index (κ2) is 7.38. The molecule has 0 unspecified atom stereocenters. The third-order valence-corrected chi connectivity index (χ3v) is 3.06. The molecule has 0 heterocycles. The van der Waals surface area contributed by atoms with Crippen LogP contribution in [0, 0.1) is 11.8 Å². The van der Waals surface area contributed by atoms with Crippen molar-refractivity contribution in [1.82, 2.24) is 10.2 Å². The summed E-state index contributed by atoms with van der Waals surface area (Å²) < 4.78 is 1.27. The second-order valence-corrected chi connectivity index (χ2v) is 5.92. The van der Waals surface area contributed by atoms with Gasteiger partial charge in [-0.2, -0.15) is 4.58 Å². The Bertz CT molecular complexity index is 341. The highest BCUT2D eigenvalue weighted by molar-refractivity contribution is 5.87. The number of nitrogens with zero attached hydrogens (tertiary/aromatic N) is 2. The molecule has 0 spiro atoms. The fourth-order valence-corrected chi connectivity index (χ4v) is 2.12. The third kappa shape index (κ3) is 5.11. The normalized spacial score (nSPS) is 14.6. The van der Waals surface area contributed by atoms with Gasteiger partial charge >= 0.3 is 5.91 Å². The van der Waals surface area contributed by atoms with Crippen LogP contribution in [0.25, 0.3) is 0 Å². The Morgan fingerprint density at radius 3 is 1.84 bits per heavy atom. The Kier molecular flexibility index (Phi) is 6.90. The van der Waals surface area contributed by atoms with Gasteiger partial charge in [-0.1, -0.05) is 27.7 Å². The van der Waals surface area contributed by atoms with E-state index in [-0.39, 0.29) is 29.7 Å². The number of rotatable bonds is 6. The van der Waals surface area contributed by atoms with Crippen LogP contribution in [0.15, 0.2) is 0 Å². The quantitative estimate of drug-likeness (QED) is 0.567. The van der Waals surface area contributed by atoms with Gasteiger partial charge in [0.25, 0.3) is 0 Å². The van der Waals surface area contributed by atoms with Crippen LogP contribution in [0.4, 0.5) is 0 Å². The minimum absolute atomic E-state index is 0.0237. The first-order valence-corrected chi connectivity index (χ1v) is 6.64. The van der Waals surface area contributed by atoms with Crippen molar-refractivity contribution in [3.63, 3.8) is 0 Å². The topological polar surface area (TPSA) is 52.4 Å². The summed E-state index contributed by atoms with van der Waals surface area (Å²) >= 11 is 0. The molecule has 0 saturated carbocycles. The average Bonchev–Trinajstić information content (AvgIpc) is 2.23. The number of likely N-dealkylation sites (N-methyl/N-ethyl adjacent to an activating group) is 2. The predicted molar refractivity (Wildman–Crippen MR) is 77.4 cm³/mol. The number of hydrogen-bond acceptors (Lipinski definition) is 3. The van der Waals surface area contributed by atoms with Crippen molar-refractivity contribution in [3.05, 3.63) is 0 Å². The molecule has 0 radical (unpaired) electrons. The lowest BCUT2D eigenvalue weighted by molar-refractivity contribution is -0.413. The molecule has 0 saturated heterocycles. The van der Waals surface area contributed by atoms with E-state index in [1.807, 2.05) is 46.7 Å². The van der Waals surface area contributed by atoms with Crippen molar-refractivity contribution in [3.8, 4) is 0 Å². The minimum atomic E-state index is -0.531. The highest BCUT2D eigenvalue weighted by Gasteiger charge is 2.34. The van der Waals surface area contributed by atoms with Crippen molar-refractivity contribution in [1.29, 1.82) is 0 Å². The molecular formula is C14H28N3O2+. The zero-order valence-electron chi connectivity index (χ0n) is 13.2. The van der Waals surface area contributed by atoms with E-state index in [9.17, 15) is 9.59 Å². The second-order valence-electron chi connectivity index (χ2n) is 5.92. The van der Waals surface area contributed by atoms with Crippen LogP contribution >= 0.6 is 0 Å². The Balaban J connectivity index is 5.00. The molecular weight excluding hydrogens is 242 g/mol. The van der Waals surface area contributed by atoms with E-state index < -0.39 is 6.04 Å². The minimum Gasteiger partial charge on any atom is -0.339 e. The molecule has 110 valence electrons. The van der Waals surface area contributed by atoms with Crippen LogP contribution < -0.4 is 5.32 Å². The highest BCUT2D eigenvalue weighted by Crippen LogP contribution is 2.10. The van der Waals surface area contributed by atoms with Gasteiger partial charge in [-0.05, 0) is 25.9 Å². The fourth-order valence-electron chi connectivity index (χ4n) is 2.12. The van der Waals surface area contributed by atoms with E-state index in [2.05, 4.69) is 12.0 Å². The Morgan fingerprint density at radius 2 is 1.58 bits per heavy atom. The van der Waals surface area contributed by atoms with E-state index in [0.717, 1.165) is 0 Å². The maximum absolute atomic E-state index is 12.3. The van der Waals surface area contributed by atoms with E-state index in [0.29, 0.717) is 0 Å². The summed E-state index contributed by atoms with van der Waals surface area (Å²) in [5.41, 5.74) is 0. The smallest absolute Gasteiger partial charge is 0.339 e. The number of amides is 2. The van der Waals surface area contributed by atoms with Crippen LogP contribution in [0.2, 0.25) is 0 Å². The first kappa shape index (κ1) is 17.8. The third-order valence-electron chi connectivity index (χ3n) is 3.06. The van der Waals surface area contributed by atoms with Gasteiger partial charge < -0.3 is 5.32 Å². The first-order chi connectivity index (χ1) is 8.59. The van der Waals surface area contributed by atoms with Crippen molar-refractivity contribution in [2.45, 2.75) is 39.8 Å². The van der Waals surface area contributed by atoms with E-state index in [4.69, 9.17) is 0 Å². The van der Waals surface area contributed by atoms with E-state index in [1.54, 1.807) is 7.05 Å². The standard InChI is InChI=1S/C14H27N3O2/c1-9(2)11(14(19)17(7)8)15-13(18)12(10(3)4)16(5)6/h9-12H,7H2,1-6,8H3/p+1/t11-,12-/m1/s1. The summed E-state index contributed by atoms with van der Waals surface area (Å²) in [6.45, 7) is 11.4. The van der Waals surface area contributed by atoms with Gasteiger partial charge in [0.15, 0.2) is 6.04 Å². The van der Waals surface area contributed by atoms with Gasteiger partial charge in [0.05, 0.1) is 6.04 Å². The number of carbonyl (C=O) groups is 2. The van der Waals surface area contributed by atoms with Gasteiger partial charge in [0.2, 0.25) is 5.91 Å². The number of carbonyl (C=O) groups excluding carboxylic acids is 2. The van der Waals surface area contributed by atoms with Crippen molar-refractivity contribution in [2.75, 3.05) is 21.1 Å². The van der Waals surface area contributed by atoms with Gasteiger partial charge in [-0.15, -0.1) is 0 Å². The van der Waals surface area contributed by atoms with E-state index >= 15 is 0 Å². The number of hydrogen-bond donors (Lipinski definition) is 1. The fraction of sp³-hybridized carbons (Fsp3) is 0.786. The molecule has 0 rings (SSSR count). The summed E-state index contributed by atoms with van der Waals surface area (Å²) in [4.78, 5) is 26.2. The maximum Gasteiger partial charge on any atom is 0.408 e. The summed E-state index contributed by atoms with van der Waals surface area (Å²) in [6.07, 6.45) is 0. The molecule has 0 bridgehead atoms. The van der Waals surface area contributed by atoms with Crippen LogP contribution in [-0.2, 0) is 9.59 Å². The molecule has 19 heavy (non-hydrogen) atoms. The Morgan fingerprint density at radius 1 is 1.11 bits per heavy atom. The van der Waals surface area contributed by atoms with Crippen molar-refractivity contribution >= 4 is 18.5 Å². The molecule has 0 fully saturated rings. The lowest BCUT2D eigenvalue weighted by Gasteiger charge is -2.28. The van der Waals surface area contributed by atoms with Crippen LogP contribution in [-0.4, -0.2) is 61.2 Å². The summed E-state index contributed by atoms with van der Waals surface area (Å²) in [5, 5.41) is 2.85. The predicted octanol–water partition coefficient (Wildman–Crippen LogP) is 0.583. The molecule has 0 aromatic carbocycles. The Labute approximate surface area is 116 Å². The van der Waals surface area contributed by atoms with Crippen LogP contribution in [0.5, 0.6) is 0 Å². The highest BCUT2D eigenvalue weighted by atomic mass is 16.2. The monoisotopic (exact) mass is 270 g/mol. The average molecular weight is 270 g/mol. The SMILES string of the molecule is C=[N+](C)C(=O)[C@H](NC(=O)[C@@H](C(C)C)N(C)C)C(C)C. The molecule has 0 aliphatic carbocycles. The number of nitrogens with one attached hydrogen (secondary N) is 1. The molecule has 0 aliphatic rings. The van der Waals surface area contributed by atoms with Crippen LogP contribution in [0.3, 0.4) is 0 Å². The lowest BCUT2D eigenvalue weighted by Crippen LogP contribution is -2.54. The zero-order valence-corrected chi connectivity index (χ0v) is 13.2. The maximum atomic E-state index is 12.3. The zero-order chi connectivity index (χ0) is 15.3. The van der Waals surface area contributed by atoms with Gasteiger partial charge in [-0.3, -0.25) is 9.69 Å². The summed E-state index contributed by atoms with van der Waals surface area (Å²) in [5.74, 6) is -0.0930. The molecule has 0 aliphatic heterocycles.